The minimum absolute atomic E-state index is 0.0140. The van der Waals surface area contributed by atoms with Crippen LogP contribution in [0.1, 0.15) is 45.4 Å². The number of aliphatic carboxylic acids is 1. The Balaban J connectivity index is 3.29. The minimum atomic E-state index is -2.19. The van der Waals surface area contributed by atoms with Crippen LogP contribution >= 0.6 is 11.8 Å². The third-order valence-electron chi connectivity index (χ3n) is 2.28. The first-order valence-electron chi connectivity index (χ1n) is 5.70. The lowest BCUT2D eigenvalue weighted by atomic mass is 10.2. The van der Waals surface area contributed by atoms with Gasteiger partial charge in [0.15, 0.2) is 0 Å². The monoisotopic (exact) mass is 254 g/mol. The number of carboxylic acids is 1. The molecule has 0 aromatic rings. The van der Waals surface area contributed by atoms with Crippen molar-refractivity contribution in [2.45, 2.75) is 57.1 Å². The molecule has 0 radical (unpaired) electrons. The van der Waals surface area contributed by atoms with Crippen molar-refractivity contribution in [2.75, 3.05) is 5.75 Å². The van der Waals surface area contributed by atoms with E-state index in [1.165, 1.54) is 11.8 Å². The van der Waals surface area contributed by atoms with Gasteiger partial charge in [-0.05, 0) is 25.0 Å². The number of rotatable bonds is 10. The average molecular weight is 254 g/mol. The summed E-state index contributed by atoms with van der Waals surface area (Å²) in [7, 11) is 0. The highest BCUT2D eigenvalue weighted by Crippen LogP contribution is 2.17. The predicted octanol–water partition coefficient (Wildman–Crippen LogP) is 3.80. The van der Waals surface area contributed by atoms with Crippen LogP contribution < -0.4 is 0 Å². The summed E-state index contributed by atoms with van der Waals surface area (Å²) >= 11 is 1.45. The zero-order valence-electron chi connectivity index (χ0n) is 9.62. The van der Waals surface area contributed by atoms with E-state index in [1.54, 1.807) is 0 Å². The molecule has 5 heteroatoms. The highest BCUT2D eigenvalue weighted by atomic mass is 32.2. The topological polar surface area (TPSA) is 37.3 Å². The van der Waals surface area contributed by atoms with Gasteiger partial charge < -0.3 is 5.11 Å². The van der Waals surface area contributed by atoms with Crippen LogP contribution in [0.2, 0.25) is 0 Å². The maximum Gasteiger partial charge on any atom is 0.316 e. The summed E-state index contributed by atoms with van der Waals surface area (Å²) in [6, 6.07) is 0. The largest absolute Gasteiger partial charge is 0.480 e. The van der Waals surface area contributed by atoms with Crippen molar-refractivity contribution >= 4 is 17.7 Å². The van der Waals surface area contributed by atoms with E-state index in [0.29, 0.717) is 12.8 Å². The maximum absolute atomic E-state index is 11.8. The first-order valence-corrected chi connectivity index (χ1v) is 6.75. The number of halogens is 2. The molecule has 0 fully saturated rings. The predicted molar refractivity (Wildman–Crippen MR) is 63.3 cm³/mol. The van der Waals surface area contributed by atoms with Gasteiger partial charge in [-0.15, -0.1) is 11.8 Å². The molecule has 0 rings (SSSR count). The number of alkyl halides is 2. The zero-order valence-corrected chi connectivity index (χ0v) is 10.4. The van der Waals surface area contributed by atoms with E-state index < -0.39 is 12.4 Å². The van der Waals surface area contributed by atoms with Gasteiger partial charge in [-0.2, -0.15) is 0 Å². The smallest absolute Gasteiger partial charge is 0.316 e. The fraction of sp³-hybridized carbons (Fsp3) is 0.909. The van der Waals surface area contributed by atoms with Crippen LogP contribution in [0.4, 0.5) is 8.78 Å². The van der Waals surface area contributed by atoms with Gasteiger partial charge in [-0.25, -0.2) is 8.78 Å². The molecule has 0 saturated heterocycles. The highest BCUT2D eigenvalue weighted by Gasteiger charge is 2.14. The molecule has 0 aromatic heterocycles. The van der Waals surface area contributed by atoms with Crippen LogP contribution in [-0.4, -0.2) is 28.5 Å². The molecule has 2 nitrogen and oxygen atoms in total. The fourth-order valence-corrected chi connectivity index (χ4v) is 2.38. The van der Waals surface area contributed by atoms with E-state index in [0.717, 1.165) is 25.0 Å². The van der Waals surface area contributed by atoms with Gasteiger partial charge in [0.25, 0.3) is 0 Å². The molecule has 0 spiro atoms. The molecule has 0 amide bonds. The summed E-state index contributed by atoms with van der Waals surface area (Å²) < 4.78 is 23.6. The van der Waals surface area contributed by atoms with Gasteiger partial charge in [0.2, 0.25) is 6.43 Å². The number of carboxylic acid groups (broad SMARTS) is 1. The number of unbranched alkanes of at least 4 members (excludes halogenated alkanes) is 3. The van der Waals surface area contributed by atoms with Crippen molar-refractivity contribution in [1.82, 2.24) is 0 Å². The summed E-state index contributed by atoms with van der Waals surface area (Å²) in [6.45, 7) is 1.86. The average Bonchev–Trinajstić information content (AvgIpc) is 2.21. The molecule has 0 aliphatic rings. The minimum Gasteiger partial charge on any atom is -0.480 e. The third-order valence-corrected chi connectivity index (χ3v) is 3.74. The number of hydrogen-bond donors (Lipinski definition) is 1. The normalized spacial score (nSPS) is 13.0. The van der Waals surface area contributed by atoms with Gasteiger partial charge in [-0.1, -0.05) is 19.8 Å². The molecule has 16 heavy (non-hydrogen) atoms. The van der Waals surface area contributed by atoms with Gasteiger partial charge in [-0.3, -0.25) is 4.79 Å². The number of carbonyl (C=O) groups is 1. The molecule has 0 heterocycles. The van der Waals surface area contributed by atoms with E-state index in [1.807, 2.05) is 6.92 Å². The maximum atomic E-state index is 11.8. The van der Waals surface area contributed by atoms with Crippen LogP contribution in [0.5, 0.6) is 0 Å². The Morgan fingerprint density at radius 3 is 2.38 bits per heavy atom. The summed E-state index contributed by atoms with van der Waals surface area (Å²) in [5.74, 6) is 0.0460. The number of thioether (sulfide) groups is 1. The number of hydrogen-bond acceptors (Lipinski definition) is 2. The molecule has 1 N–H and O–H groups in total. The van der Waals surface area contributed by atoms with E-state index in [-0.39, 0.29) is 11.7 Å². The molecule has 0 aliphatic heterocycles. The Morgan fingerprint density at radius 1 is 1.25 bits per heavy atom. The van der Waals surface area contributed by atoms with Crippen molar-refractivity contribution in [2.24, 2.45) is 0 Å². The molecular formula is C11H20F2O2S. The van der Waals surface area contributed by atoms with Crippen molar-refractivity contribution in [3.05, 3.63) is 0 Å². The molecule has 96 valence electrons. The van der Waals surface area contributed by atoms with E-state index in [2.05, 4.69) is 0 Å². The van der Waals surface area contributed by atoms with E-state index in [4.69, 9.17) is 5.11 Å². The standard InChI is InChI=1S/C11H20F2O2S/c1-2-9(11(14)15)16-8-6-4-3-5-7-10(12)13/h9-10H,2-8H2,1H3,(H,14,15). The third kappa shape index (κ3) is 8.95. The Labute approximate surface area is 99.8 Å². The lowest BCUT2D eigenvalue weighted by Crippen LogP contribution is -2.15. The molecule has 0 saturated carbocycles. The lowest BCUT2D eigenvalue weighted by molar-refractivity contribution is -0.136. The molecule has 1 atom stereocenters. The van der Waals surface area contributed by atoms with Crippen LogP contribution in [0, 0.1) is 0 Å². The lowest BCUT2D eigenvalue weighted by Gasteiger charge is -2.08. The molecule has 1 unspecified atom stereocenters. The Kier molecular flexibility index (Phi) is 9.68. The first kappa shape index (κ1) is 15.7. The van der Waals surface area contributed by atoms with E-state index >= 15 is 0 Å². The van der Waals surface area contributed by atoms with Crippen molar-refractivity contribution < 1.29 is 18.7 Å². The first-order chi connectivity index (χ1) is 7.57. The van der Waals surface area contributed by atoms with Gasteiger partial charge in [0, 0.05) is 6.42 Å². The van der Waals surface area contributed by atoms with Crippen LogP contribution in [-0.2, 0) is 4.79 Å². The second-order valence-electron chi connectivity index (χ2n) is 3.70. The summed E-state index contributed by atoms with van der Waals surface area (Å²) in [4.78, 5) is 10.7. The SMILES string of the molecule is CCC(SCCCCCCC(F)F)C(=O)O. The van der Waals surface area contributed by atoms with Gasteiger partial charge >= 0.3 is 5.97 Å². The second kappa shape index (κ2) is 9.87. The Morgan fingerprint density at radius 2 is 1.88 bits per heavy atom. The highest BCUT2D eigenvalue weighted by molar-refractivity contribution is 8.00. The van der Waals surface area contributed by atoms with Crippen molar-refractivity contribution in [3.8, 4) is 0 Å². The molecular weight excluding hydrogens is 234 g/mol. The van der Waals surface area contributed by atoms with Crippen molar-refractivity contribution in [1.29, 1.82) is 0 Å². The van der Waals surface area contributed by atoms with Crippen molar-refractivity contribution in [3.63, 3.8) is 0 Å². The fourth-order valence-electron chi connectivity index (χ4n) is 1.34. The zero-order chi connectivity index (χ0) is 12.4. The molecule has 0 aliphatic carbocycles. The van der Waals surface area contributed by atoms with Crippen LogP contribution in [0.3, 0.4) is 0 Å². The van der Waals surface area contributed by atoms with Crippen LogP contribution in [0.25, 0.3) is 0 Å². The second-order valence-corrected chi connectivity index (χ2v) is 5.01. The molecule has 0 aromatic carbocycles. The van der Waals surface area contributed by atoms with Crippen LogP contribution in [0.15, 0.2) is 0 Å². The van der Waals surface area contributed by atoms with E-state index in [9.17, 15) is 13.6 Å². The summed E-state index contributed by atoms with van der Waals surface area (Å²) in [5, 5.41) is 8.45. The Hall–Kier alpha value is -0.320. The van der Waals surface area contributed by atoms with Gasteiger partial charge in [0.1, 0.15) is 5.25 Å². The summed E-state index contributed by atoms with van der Waals surface area (Å²) in [6.07, 6.45) is 1.64. The quantitative estimate of drug-likeness (QED) is 0.602. The Bertz CT molecular complexity index is 189. The summed E-state index contributed by atoms with van der Waals surface area (Å²) in [5.41, 5.74) is 0. The van der Waals surface area contributed by atoms with Gasteiger partial charge in [0.05, 0.1) is 0 Å². The molecule has 0 bridgehead atoms.